The van der Waals surface area contributed by atoms with Gasteiger partial charge in [0.2, 0.25) is 0 Å². The third kappa shape index (κ3) is 10.8. The van der Waals surface area contributed by atoms with Crippen molar-refractivity contribution >= 4 is 0 Å². The first-order valence-electron chi connectivity index (χ1n) is 6.47. The van der Waals surface area contributed by atoms with E-state index in [2.05, 4.69) is 24.1 Å². The van der Waals surface area contributed by atoms with Crippen LogP contribution in [-0.4, -0.2) is 44.3 Å². The number of nitrogens with zero attached hydrogens (tertiary/aromatic N) is 1. The lowest BCUT2D eigenvalue weighted by atomic mass is 9.92. The standard InChI is InChI=1S/C13H27F3N2/c1-11(7-6-8-13(14,15)16)17-9-12(2,3)10-18(4)5/h11,17H,6-10H2,1-5H3. The Balaban J connectivity index is 3.79. The van der Waals surface area contributed by atoms with Crippen molar-refractivity contribution < 1.29 is 13.2 Å². The van der Waals surface area contributed by atoms with E-state index in [0.717, 1.165) is 13.1 Å². The van der Waals surface area contributed by atoms with E-state index < -0.39 is 12.6 Å². The molecule has 0 heterocycles. The van der Waals surface area contributed by atoms with Crippen molar-refractivity contribution in [3.05, 3.63) is 0 Å². The zero-order valence-electron chi connectivity index (χ0n) is 12.2. The molecular weight excluding hydrogens is 241 g/mol. The minimum Gasteiger partial charge on any atom is -0.314 e. The Morgan fingerprint density at radius 2 is 1.72 bits per heavy atom. The summed E-state index contributed by atoms with van der Waals surface area (Å²) in [6.45, 7) is 8.03. The maximum atomic E-state index is 12.0. The average Bonchev–Trinajstić information content (AvgIpc) is 2.10. The van der Waals surface area contributed by atoms with Gasteiger partial charge in [-0.2, -0.15) is 13.2 Å². The van der Waals surface area contributed by atoms with Crippen molar-refractivity contribution in [3.63, 3.8) is 0 Å². The van der Waals surface area contributed by atoms with Crippen LogP contribution in [0.5, 0.6) is 0 Å². The number of hydrogen-bond acceptors (Lipinski definition) is 2. The fourth-order valence-electron chi connectivity index (χ4n) is 2.07. The van der Waals surface area contributed by atoms with E-state index in [-0.39, 0.29) is 17.9 Å². The van der Waals surface area contributed by atoms with Gasteiger partial charge in [-0.05, 0) is 39.3 Å². The fraction of sp³-hybridized carbons (Fsp3) is 1.00. The number of halogens is 3. The van der Waals surface area contributed by atoms with Crippen LogP contribution in [0.1, 0.15) is 40.0 Å². The van der Waals surface area contributed by atoms with Crippen LogP contribution in [-0.2, 0) is 0 Å². The molecule has 110 valence electrons. The lowest BCUT2D eigenvalue weighted by molar-refractivity contribution is -0.135. The first kappa shape index (κ1) is 17.7. The van der Waals surface area contributed by atoms with Crippen LogP contribution >= 0.6 is 0 Å². The van der Waals surface area contributed by atoms with E-state index in [1.54, 1.807) is 0 Å². The number of alkyl halides is 3. The minimum atomic E-state index is -4.02. The molecule has 0 fully saturated rings. The van der Waals surface area contributed by atoms with Crippen LogP contribution in [0.25, 0.3) is 0 Å². The lowest BCUT2D eigenvalue weighted by Gasteiger charge is -2.30. The van der Waals surface area contributed by atoms with Crippen molar-refractivity contribution in [2.45, 2.75) is 52.3 Å². The molecule has 0 aromatic heterocycles. The van der Waals surface area contributed by atoms with Crippen molar-refractivity contribution in [2.24, 2.45) is 5.41 Å². The van der Waals surface area contributed by atoms with Gasteiger partial charge in [0.25, 0.3) is 0 Å². The van der Waals surface area contributed by atoms with Crippen molar-refractivity contribution in [1.82, 2.24) is 10.2 Å². The predicted molar refractivity (Wildman–Crippen MR) is 69.7 cm³/mol. The molecule has 0 aliphatic heterocycles. The molecule has 18 heavy (non-hydrogen) atoms. The lowest BCUT2D eigenvalue weighted by Crippen LogP contribution is -2.40. The molecule has 0 spiro atoms. The third-order valence-electron chi connectivity index (χ3n) is 2.77. The van der Waals surface area contributed by atoms with E-state index in [9.17, 15) is 13.2 Å². The molecule has 0 aromatic carbocycles. The van der Waals surface area contributed by atoms with E-state index in [0.29, 0.717) is 6.42 Å². The van der Waals surface area contributed by atoms with Gasteiger partial charge in [0.15, 0.2) is 0 Å². The second-order valence-corrected chi connectivity index (χ2v) is 6.19. The molecule has 0 rings (SSSR count). The smallest absolute Gasteiger partial charge is 0.314 e. The van der Waals surface area contributed by atoms with E-state index >= 15 is 0 Å². The Kier molecular flexibility index (Phi) is 7.22. The van der Waals surface area contributed by atoms with Gasteiger partial charge in [-0.15, -0.1) is 0 Å². The highest BCUT2D eigenvalue weighted by Crippen LogP contribution is 2.22. The molecule has 0 aliphatic carbocycles. The first-order valence-corrected chi connectivity index (χ1v) is 6.47. The average molecular weight is 268 g/mol. The molecule has 0 saturated heterocycles. The second-order valence-electron chi connectivity index (χ2n) is 6.19. The molecule has 2 nitrogen and oxygen atoms in total. The Bertz CT molecular complexity index is 225. The Labute approximate surface area is 109 Å². The highest BCUT2D eigenvalue weighted by molar-refractivity contribution is 4.76. The number of hydrogen-bond donors (Lipinski definition) is 1. The van der Waals surface area contributed by atoms with E-state index in [4.69, 9.17) is 0 Å². The summed E-state index contributed by atoms with van der Waals surface area (Å²) in [5, 5.41) is 3.32. The Hall–Kier alpha value is -0.290. The third-order valence-corrected chi connectivity index (χ3v) is 2.77. The SMILES string of the molecule is CC(CCCC(F)(F)F)NCC(C)(C)CN(C)C. The van der Waals surface area contributed by atoms with Gasteiger partial charge in [-0.25, -0.2) is 0 Å². The summed E-state index contributed by atoms with van der Waals surface area (Å²) in [7, 11) is 4.04. The molecule has 1 N–H and O–H groups in total. The van der Waals surface area contributed by atoms with Gasteiger partial charge < -0.3 is 10.2 Å². The zero-order chi connectivity index (χ0) is 14.4. The highest BCUT2D eigenvalue weighted by Gasteiger charge is 2.26. The molecule has 1 atom stereocenters. The first-order chi connectivity index (χ1) is 8.02. The fourth-order valence-corrected chi connectivity index (χ4v) is 2.07. The number of rotatable bonds is 8. The maximum absolute atomic E-state index is 12.0. The molecule has 0 saturated carbocycles. The molecular formula is C13H27F3N2. The minimum absolute atomic E-state index is 0.127. The van der Waals surface area contributed by atoms with Gasteiger partial charge in [0.05, 0.1) is 0 Å². The molecule has 5 heteroatoms. The summed E-state index contributed by atoms with van der Waals surface area (Å²) in [6.07, 6.45) is -3.94. The van der Waals surface area contributed by atoms with Gasteiger partial charge in [-0.3, -0.25) is 0 Å². The Morgan fingerprint density at radius 1 is 1.17 bits per heavy atom. The normalized spacial score (nSPS) is 15.2. The molecule has 1 unspecified atom stereocenters. The van der Waals surface area contributed by atoms with Crippen molar-refractivity contribution in [2.75, 3.05) is 27.2 Å². The van der Waals surface area contributed by atoms with Gasteiger partial charge in [0, 0.05) is 25.6 Å². The van der Waals surface area contributed by atoms with Gasteiger partial charge >= 0.3 is 6.18 Å². The van der Waals surface area contributed by atoms with Crippen molar-refractivity contribution in [3.8, 4) is 0 Å². The summed E-state index contributed by atoms with van der Waals surface area (Å²) in [6, 6.07) is 0.133. The van der Waals surface area contributed by atoms with Gasteiger partial charge in [0.1, 0.15) is 0 Å². The molecule has 0 bridgehead atoms. The summed E-state index contributed by atoms with van der Waals surface area (Å²) in [5.74, 6) is 0. The summed E-state index contributed by atoms with van der Waals surface area (Å²) in [4.78, 5) is 2.12. The van der Waals surface area contributed by atoms with Crippen LogP contribution in [0.3, 0.4) is 0 Å². The van der Waals surface area contributed by atoms with Crippen molar-refractivity contribution in [1.29, 1.82) is 0 Å². The summed E-state index contributed by atoms with van der Waals surface area (Å²) in [5.41, 5.74) is 0.127. The van der Waals surface area contributed by atoms with Crippen LogP contribution < -0.4 is 5.32 Å². The molecule has 0 aromatic rings. The van der Waals surface area contributed by atoms with Crippen LogP contribution in [0.2, 0.25) is 0 Å². The van der Waals surface area contributed by atoms with E-state index in [1.807, 2.05) is 21.0 Å². The topological polar surface area (TPSA) is 15.3 Å². The maximum Gasteiger partial charge on any atom is 0.389 e. The van der Waals surface area contributed by atoms with Crippen LogP contribution in [0.15, 0.2) is 0 Å². The van der Waals surface area contributed by atoms with Crippen LogP contribution in [0, 0.1) is 5.41 Å². The molecule has 0 radical (unpaired) electrons. The van der Waals surface area contributed by atoms with Gasteiger partial charge in [-0.1, -0.05) is 13.8 Å². The second kappa shape index (κ2) is 7.34. The largest absolute Gasteiger partial charge is 0.389 e. The molecule has 0 aliphatic rings. The summed E-state index contributed by atoms with van der Waals surface area (Å²) < 4.78 is 36.0. The van der Waals surface area contributed by atoms with E-state index in [1.165, 1.54) is 0 Å². The predicted octanol–water partition coefficient (Wildman–Crippen LogP) is 3.28. The monoisotopic (exact) mass is 268 g/mol. The summed E-state index contributed by atoms with van der Waals surface area (Å²) >= 11 is 0. The van der Waals surface area contributed by atoms with Crippen LogP contribution in [0.4, 0.5) is 13.2 Å². The number of nitrogens with one attached hydrogen (secondary N) is 1. The Morgan fingerprint density at radius 3 is 2.17 bits per heavy atom. The highest BCUT2D eigenvalue weighted by atomic mass is 19.4. The zero-order valence-corrected chi connectivity index (χ0v) is 12.2. The quantitative estimate of drug-likeness (QED) is 0.726. The molecule has 0 amide bonds.